The summed E-state index contributed by atoms with van der Waals surface area (Å²) in [5.74, 6) is 3.31. The maximum Gasteiger partial charge on any atom is 0.232 e. The fourth-order valence-corrected chi connectivity index (χ4v) is 4.17. The largest absolute Gasteiger partial charge is 0.497 e. The molecular weight excluding hydrogens is 362 g/mol. The van der Waals surface area contributed by atoms with Gasteiger partial charge in [-0.15, -0.1) is 11.8 Å². The van der Waals surface area contributed by atoms with Gasteiger partial charge in [0.2, 0.25) is 5.91 Å². The molecular formula is C21H25NO4S. The monoisotopic (exact) mass is 387 g/mol. The molecule has 0 bridgehead atoms. The summed E-state index contributed by atoms with van der Waals surface area (Å²) in [5.41, 5.74) is 1.10. The lowest BCUT2D eigenvalue weighted by molar-refractivity contribution is -0.127. The Labute approximate surface area is 164 Å². The number of carbonyl (C=O) groups is 1. The Balaban J connectivity index is 1.61. The summed E-state index contributed by atoms with van der Waals surface area (Å²) >= 11 is 1.54. The van der Waals surface area contributed by atoms with Gasteiger partial charge in [0, 0.05) is 29.5 Å². The van der Waals surface area contributed by atoms with E-state index in [0.717, 1.165) is 40.7 Å². The van der Waals surface area contributed by atoms with Crippen molar-refractivity contribution in [2.75, 3.05) is 40.2 Å². The Bertz CT molecular complexity index is 796. The van der Waals surface area contributed by atoms with Crippen molar-refractivity contribution in [3.05, 3.63) is 48.0 Å². The molecule has 0 saturated carbocycles. The van der Waals surface area contributed by atoms with Crippen molar-refractivity contribution >= 4 is 17.7 Å². The van der Waals surface area contributed by atoms with Crippen molar-refractivity contribution in [3.63, 3.8) is 0 Å². The summed E-state index contributed by atoms with van der Waals surface area (Å²) in [7, 11) is 4.98. The van der Waals surface area contributed by atoms with Crippen LogP contribution in [0.4, 0.5) is 0 Å². The number of benzene rings is 2. The number of hydrogen-bond donors (Lipinski definition) is 0. The maximum absolute atomic E-state index is 12.6. The number of thioether (sulfide) groups is 1. The number of rotatable bonds is 7. The molecule has 1 unspecified atom stereocenters. The van der Waals surface area contributed by atoms with Gasteiger partial charge in [-0.3, -0.25) is 4.79 Å². The zero-order valence-corrected chi connectivity index (χ0v) is 16.8. The molecule has 0 radical (unpaired) electrons. The first-order chi connectivity index (χ1) is 13.1. The number of likely N-dealkylation sites (tertiary alicyclic amines) is 1. The topological polar surface area (TPSA) is 48.0 Å². The lowest BCUT2D eigenvalue weighted by Crippen LogP contribution is -2.30. The highest BCUT2D eigenvalue weighted by Crippen LogP contribution is 2.36. The maximum atomic E-state index is 12.6. The Hall–Kier alpha value is -2.34. The van der Waals surface area contributed by atoms with E-state index in [1.807, 2.05) is 47.4 Å². The summed E-state index contributed by atoms with van der Waals surface area (Å²) in [5, 5.41) is 0. The van der Waals surface area contributed by atoms with E-state index in [9.17, 15) is 4.79 Å². The number of ether oxygens (including phenoxy) is 3. The number of nitrogens with zero attached hydrogens (tertiary/aromatic N) is 1. The molecule has 5 nitrogen and oxygen atoms in total. The van der Waals surface area contributed by atoms with Gasteiger partial charge in [0.15, 0.2) is 0 Å². The van der Waals surface area contributed by atoms with Gasteiger partial charge in [0.25, 0.3) is 0 Å². The van der Waals surface area contributed by atoms with Gasteiger partial charge < -0.3 is 19.1 Å². The average Bonchev–Trinajstić information content (AvgIpc) is 3.21. The molecule has 2 aromatic rings. The summed E-state index contributed by atoms with van der Waals surface area (Å²) in [6, 6.07) is 13.6. The summed E-state index contributed by atoms with van der Waals surface area (Å²) in [6.07, 6.45) is 0.930. The van der Waals surface area contributed by atoms with Crippen LogP contribution in [0.5, 0.6) is 17.2 Å². The molecule has 1 atom stereocenters. The zero-order chi connectivity index (χ0) is 19.2. The van der Waals surface area contributed by atoms with Crippen LogP contribution >= 0.6 is 11.8 Å². The third kappa shape index (κ3) is 4.69. The van der Waals surface area contributed by atoms with E-state index in [-0.39, 0.29) is 11.8 Å². The zero-order valence-electron chi connectivity index (χ0n) is 15.9. The van der Waals surface area contributed by atoms with Crippen molar-refractivity contribution < 1.29 is 19.0 Å². The van der Waals surface area contributed by atoms with Crippen LogP contribution in [0.2, 0.25) is 0 Å². The van der Waals surface area contributed by atoms with E-state index >= 15 is 0 Å². The number of hydrogen-bond acceptors (Lipinski definition) is 5. The molecule has 27 heavy (non-hydrogen) atoms. The minimum Gasteiger partial charge on any atom is -0.497 e. The van der Waals surface area contributed by atoms with E-state index in [1.54, 1.807) is 21.3 Å². The molecule has 1 fully saturated rings. The highest BCUT2D eigenvalue weighted by Gasteiger charge is 2.29. The van der Waals surface area contributed by atoms with Crippen LogP contribution in [0.15, 0.2) is 47.4 Å². The van der Waals surface area contributed by atoms with Gasteiger partial charge >= 0.3 is 0 Å². The molecule has 0 N–H and O–H groups in total. The average molecular weight is 388 g/mol. The van der Waals surface area contributed by atoms with Gasteiger partial charge in [-0.05, 0) is 42.8 Å². The van der Waals surface area contributed by atoms with E-state index in [1.165, 1.54) is 11.8 Å². The van der Waals surface area contributed by atoms with Crippen LogP contribution in [0.25, 0.3) is 0 Å². The van der Waals surface area contributed by atoms with Gasteiger partial charge in [0.05, 0.1) is 27.1 Å². The highest BCUT2D eigenvalue weighted by atomic mass is 32.2. The van der Waals surface area contributed by atoms with Crippen molar-refractivity contribution in [1.29, 1.82) is 0 Å². The first-order valence-electron chi connectivity index (χ1n) is 8.91. The van der Waals surface area contributed by atoms with Crippen LogP contribution in [0.3, 0.4) is 0 Å². The standard InChI is InChI=1S/C21H25NO4S/c1-24-16-5-4-6-18(11-16)27-14-21(23)22-10-9-15(13-22)19-12-17(25-2)7-8-20(19)26-3/h4-8,11-12,15H,9-10,13-14H2,1-3H3. The Morgan fingerprint density at radius 1 is 1.07 bits per heavy atom. The molecule has 1 aliphatic heterocycles. The minimum atomic E-state index is 0.159. The minimum absolute atomic E-state index is 0.159. The quantitative estimate of drug-likeness (QED) is 0.676. The molecule has 6 heteroatoms. The highest BCUT2D eigenvalue weighted by molar-refractivity contribution is 8.00. The van der Waals surface area contributed by atoms with Crippen LogP contribution < -0.4 is 14.2 Å². The Morgan fingerprint density at radius 2 is 1.85 bits per heavy atom. The third-order valence-electron chi connectivity index (χ3n) is 4.82. The van der Waals surface area contributed by atoms with Crippen LogP contribution in [-0.4, -0.2) is 51.0 Å². The normalized spacial score (nSPS) is 16.3. The summed E-state index contributed by atoms with van der Waals surface area (Å²) in [6.45, 7) is 1.48. The number of methoxy groups -OCH3 is 3. The Kier molecular flexibility index (Phi) is 6.50. The molecule has 0 spiro atoms. The van der Waals surface area contributed by atoms with Crippen molar-refractivity contribution in [2.24, 2.45) is 0 Å². The first kappa shape index (κ1) is 19.4. The van der Waals surface area contributed by atoms with E-state index < -0.39 is 0 Å². The first-order valence-corrected chi connectivity index (χ1v) is 9.89. The van der Waals surface area contributed by atoms with Crippen LogP contribution in [0.1, 0.15) is 17.9 Å². The van der Waals surface area contributed by atoms with E-state index in [2.05, 4.69) is 0 Å². The predicted octanol–water partition coefficient (Wildman–Crippen LogP) is 3.82. The molecule has 0 aromatic heterocycles. The summed E-state index contributed by atoms with van der Waals surface area (Å²) in [4.78, 5) is 15.6. The SMILES string of the molecule is COc1cccc(SCC(=O)N2CCC(c3cc(OC)ccc3OC)C2)c1. The predicted molar refractivity (Wildman–Crippen MR) is 107 cm³/mol. The number of carbonyl (C=O) groups excluding carboxylic acids is 1. The molecule has 1 heterocycles. The van der Waals surface area contributed by atoms with E-state index in [0.29, 0.717) is 12.3 Å². The molecule has 1 amide bonds. The number of amides is 1. The molecule has 0 aliphatic carbocycles. The fourth-order valence-electron chi connectivity index (χ4n) is 3.33. The van der Waals surface area contributed by atoms with Gasteiger partial charge in [-0.1, -0.05) is 6.07 Å². The van der Waals surface area contributed by atoms with Gasteiger partial charge in [0.1, 0.15) is 17.2 Å². The third-order valence-corrected chi connectivity index (χ3v) is 5.80. The second-order valence-electron chi connectivity index (χ2n) is 6.40. The second-order valence-corrected chi connectivity index (χ2v) is 7.45. The van der Waals surface area contributed by atoms with Crippen molar-refractivity contribution in [2.45, 2.75) is 17.2 Å². The van der Waals surface area contributed by atoms with Crippen molar-refractivity contribution in [1.82, 2.24) is 4.90 Å². The van der Waals surface area contributed by atoms with Crippen LogP contribution in [-0.2, 0) is 4.79 Å². The second kappa shape index (κ2) is 9.04. The molecule has 1 saturated heterocycles. The molecule has 144 valence electrons. The van der Waals surface area contributed by atoms with Crippen LogP contribution in [0, 0.1) is 0 Å². The van der Waals surface area contributed by atoms with E-state index in [4.69, 9.17) is 14.2 Å². The molecule has 1 aliphatic rings. The van der Waals surface area contributed by atoms with Gasteiger partial charge in [-0.2, -0.15) is 0 Å². The van der Waals surface area contributed by atoms with Crippen molar-refractivity contribution in [3.8, 4) is 17.2 Å². The summed E-state index contributed by atoms with van der Waals surface area (Å²) < 4.78 is 16.1. The Morgan fingerprint density at radius 3 is 2.59 bits per heavy atom. The molecule has 2 aromatic carbocycles. The smallest absolute Gasteiger partial charge is 0.232 e. The lowest BCUT2D eigenvalue weighted by Gasteiger charge is -2.18. The van der Waals surface area contributed by atoms with Gasteiger partial charge in [-0.25, -0.2) is 0 Å². The fraction of sp³-hybridized carbons (Fsp3) is 0.381. The molecule has 3 rings (SSSR count). The lowest BCUT2D eigenvalue weighted by atomic mass is 9.97.